The Morgan fingerprint density at radius 2 is 1.92 bits per heavy atom. The van der Waals surface area contributed by atoms with Crippen molar-refractivity contribution >= 4 is 10.3 Å². The molecule has 72 valence electrons. The smallest absolute Gasteiger partial charge is 0.333 e. The quantitative estimate of drug-likeness (QED) is 0.636. The van der Waals surface area contributed by atoms with E-state index in [4.69, 9.17) is 10.2 Å². The number of nitrogens with two attached hydrogens (primary N) is 1. The zero-order valence-corrected chi connectivity index (χ0v) is 7.51. The third-order valence-electron chi connectivity index (χ3n) is 2.10. The lowest BCUT2D eigenvalue weighted by molar-refractivity contribution is 0.0209. The minimum absolute atomic E-state index is 0.288. The maximum absolute atomic E-state index is 10.6. The summed E-state index contributed by atoms with van der Waals surface area (Å²) in [5.41, 5.74) is -0.937. The van der Waals surface area contributed by atoms with E-state index in [1.54, 1.807) is 0 Å². The van der Waals surface area contributed by atoms with E-state index in [-0.39, 0.29) is 6.61 Å². The zero-order chi connectivity index (χ0) is 9.24. The first-order chi connectivity index (χ1) is 5.47. The second-order valence-electron chi connectivity index (χ2n) is 3.12. The van der Waals surface area contributed by atoms with Gasteiger partial charge in [-0.2, -0.15) is 8.42 Å². The van der Waals surface area contributed by atoms with E-state index in [2.05, 4.69) is 4.18 Å². The molecule has 0 aromatic carbocycles. The molecule has 5 nitrogen and oxygen atoms in total. The summed E-state index contributed by atoms with van der Waals surface area (Å²) in [6, 6.07) is 0. The SMILES string of the molecule is NS(=O)(=O)OC1(CO)CCCC1. The molecule has 1 aliphatic rings. The summed E-state index contributed by atoms with van der Waals surface area (Å²) in [5, 5.41) is 13.6. The third-order valence-corrected chi connectivity index (χ3v) is 2.68. The van der Waals surface area contributed by atoms with Crippen LogP contribution in [0.1, 0.15) is 25.7 Å². The van der Waals surface area contributed by atoms with Crippen LogP contribution in [-0.4, -0.2) is 25.7 Å². The molecule has 0 atom stereocenters. The fourth-order valence-electron chi connectivity index (χ4n) is 1.53. The molecule has 0 radical (unpaired) electrons. The van der Waals surface area contributed by atoms with Gasteiger partial charge in [0.1, 0.15) is 5.60 Å². The molecule has 0 aromatic rings. The molecule has 0 aliphatic heterocycles. The lowest BCUT2D eigenvalue weighted by Gasteiger charge is -2.24. The average molecular weight is 195 g/mol. The van der Waals surface area contributed by atoms with E-state index in [9.17, 15) is 8.42 Å². The summed E-state index contributed by atoms with van der Waals surface area (Å²) >= 11 is 0. The van der Waals surface area contributed by atoms with Gasteiger partial charge in [-0.15, -0.1) is 0 Å². The highest BCUT2D eigenvalue weighted by Gasteiger charge is 2.37. The molecule has 0 amide bonds. The van der Waals surface area contributed by atoms with Gasteiger partial charge in [-0.3, -0.25) is 0 Å². The summed E-state index contributed by atoms with van der Waals surface area (Å²) in [4.78, 5) is 0. The van der Waals surface area contributed by atoms with Crippen LogP contribution in [0.2, 0.25) is 0 Å². The standard InChI is InChI=1S/C6H13NO4S/c7-12(9,10)11-6(5-8)3-1-2-4-6/h8H,1-5H2,(H2,7,9,10). The van der Waals surface area contributed by atoms with Crippen LogP contribution in [0.5, 0.6) is 0 Å². The molecule has 0 spiro atoms. The lowest BCUT2D eigenvalue weighted by Crippen LogP contribution is -2.38. The minimum atomic E-state index is -3.94. The monoisotopic (exact) mass is 195 g/mol. The Labute approximate surface area is 71.8 Å². The first-order valence-electron chi connectivity index (χ1n) is 3.82. The second-order valence-corrected chi connectivity index (χ2v) is 4.28. The van der Waals surface area contributed by atoms with Gasteiger partial charge in [0.25, 0.3) is 0 Å². The molecule has 1 aliphatic carbocycles. The van der Waals surface area contributed by atoms with E-state index in [1.165, 1.54) is 0 Å². The minimum Gasteiger partial charge on any atom is -0.393 e. The van der Waals surface area contributed by atoms with Gasteiger partial charge in [-0.05, 0) is 12.8 Å². The normalized spacial score (nSPS) is 22.8. The van der Waals surface area contributed by atoms with Crippen LogP contribution in [0.25, 0.3) is 0 Å². The molecule has 0 saturated heterocycles. The van der Waals surface area contributed by atoms with Gasteiger partial charge in [0.15, 0.2) is 0 Å². The maximum atomic E-state index is 10.6. The van der Waals surface area contributed by atoms with Crippen LogP contribution in [0, 0.1) is 0 Å². The molecule has 12 heavy (non-hydrogen) atoms. The van der Waals surface area contributed by atoms with Gasteiger partial charge in [-0.25, -0.2) is 9.32 Å². The number of aliphatic hydroxyl groups excluding tert-OH is 1. The Morgan fingerprint density at radius 3 is 2.25 bits per heavy atom. The van der Waals surface area contributed by atoms with Crippen molar-refractivity contribution in [2.24, 2.45) is 5.14 Å². The Morgan fingerprint density at radius 1 is 1.42 bits per heavy atom. The molecule has 1 fully saturated rings. The van der Waals surface area contributed by atoms with Crippen LogP contribution >= 0.6 is 0 Å². The maximum Gasteiger partial charge on any atom is 0.333 e. The predicted molar refractivity (Wildman–Crippen MR) is 42.5 cm³/mol. The summed E-state index contributed by atoms with van der Waals surface area (Å²) < 4.78 is 25.8. The predicted octanol–water partition coefficient (Wildman–Crippen LogP) is -0.488. The number of aliphatic hydroxyl groups is 1. The van der Waals surface area contributed by atoms with Gasteiger partial charge in [0.2, 0.25) is 0 Å². The first kappa shape index (κ1) is 9.91. The van der Waals surface area contributed by atoms with Crippen molar-refractivity contribution < 1.29 is 17.7 Å². The molecule has 1 saturated carbocycles. The molecule has 0 bridgehead atoms. The van der Waals surface area contributed by atoms with Crippen molar-refractivity contribution in [3.05, 3.63) is 0 Å². The van der Waals surface area contributed by atoms with Gasteiger partial charge in [-0.1, -0.05) is 12.8 Å². The van der Waals surface area contributed by atoms with Crippen LogP contribution in [0.15, 0.2) is 0 Å². The largest absolute Gasteiger partial charge is 0.393 e. The highest BCUT2D eigenvalue weighted by Crippen LogP contribution is 2.33. The second kappa shape index (κ2) is 3.29. The summed E-state index contributed by atoms with van der Waals surface area (Å²) in [7, 11) is -3.94. The fourth-order valence-corrected chi connectivity index (χ4v) is 2.25. The number of hydrogen-bond donors (Lipinski definition) is 2. The Kier molecular flexibility index (Phi) is 2.72. The van der Waals surface area contributed by atoms with Crippen molar-refractivity contribution in [1.82, 2.24) is 0 Å². The summed E-state index contributed by atoms with van der Waals surface area (Å²) in [6.07, 6.45) is 2.85. The van der Waals surface area contributed by atoms with Crippen LogP contribution in [-0.2, 0) is 14.5 Å². The highest BCUT2D eigenvalue weighted by atomic mass is 32.2. The van der Waals surface area contributed by atoms with Gasteiger partial charge in [0, 0.05) is 0 Å². The molecular formula is C6H13NO4S. The van der Waals surface area contributed by atoms with E-state index >= 15 is 0 Å². The van der Waals surface area contributed by atoms with E-state index in [0.717, 1.165) is 12.8 Å². The van der Waals surface area contributed by atoms with Crippen LogP contribution < -0.4 is 5.14 Å². The molecular weight excluding hydrogens is 182 g/mol. The highest BCUT2D eigenvalue weighted by molar-refractivity contribution is 7.84. The van der Waals surface area contributed by atoms with Crippen molar-refractivity contribution in [1.29, 1.82) is 0 Å². The summed E-state index contributed by atoms with van der Waals surface area (Å²) in [5.74, 6) is 0. The van der Waals surface area contributed by atoms with Crippen LogP contribution in [0.3, 0.4) is 0 Å². The fraction of sp³-hybridized carbons (Fsp3) is 1.00. The lowest BCUT2D eigenvalue weighted by atomic mass is 10.1. The van der Waals surface area contributed by atoms with Crippen molar-refractivity contribution in [3.63, 3.8) is 0 Å². The van der Waals surface area contributed by atoms with E-state index in [1.807, 2.05) is 0 Å². The molecule has 0 heterocycles. The van der Waals surface area contributed by atoms with Crippen molar-refractivity contribution in [3.8, 4) is 0 Å². The average Bonchev–Trinajstić information content (AvgIpc) is 2.34. The first-order valence-corrected chi connectivity index (χ1v) is 5.29. The molecule has 3 N–H and O–H groups in total. The number of hydrogen-bond acceptors (Lipinski definition) is 4. The van der Waals surface area contributed by atoms with E-state index < -0.39 is 15.9 Å². The molecule has 1 rings (SSSR count). The number of rotatable bonds is 3. The third kappa shape index (κ3) is 2.41. The van der Waals surface area contributed by atoms with Crippen molar-refractivity contribution in [2.45, 2.75) is 31.3 Å². The summed E-state index contributed by atoms with van der Waals surface area (Å²) in [6.45, 7) is -0.288. The Balaban J connectivity index is 2.68. The zero-order valence-electron chi connectivity index (χ0n) is 6.69. The van der Waals surface area contributed by atoms with Crippen molar-refractivity contribution in [2.75, 3.05) is 6.61 Å². The van der Waals surface area contributed by atoms with Gasteiger partial charge < -0.3 is 5.11 Å². The Bertz CT molecular complexity index is 242. The molecule has 6 heteroatoms. The van der Waals surface area contributed by atoms with Gasteiger partial charge in [0.05, 0.1) is 6.61 Å². The topological polar surface area (TPSA) is 89.6 Å². The van der Waals surface area contributed by atoms with Gasteiger partial charge >= 0.3 is 10.3 Å². The molecule has 0 aromatic heterocycles. The Hall–Kier alpha value is -0.170. The molecule has 0 unspecified atom stereocenters. The van der Waals surface area contributed by atoms with E-state index in [0.29, 0.717) is 12.8 Å². The van der Waals surface area contributed by atoms with Crippen LogP contribution in [0.4, 0.5) is 0 Å².